The summed E-state index contributed by atoms with van der Waals surface area (Å²) < 4.78 is 0. The minimum atomic E-state index is -1.09. The largest absolute Gasteiger partial charge is 0.480 e. The van der Waals surface area contributed by atoms with E-state index in [0.29, 0.717) is 5.01 Å². The maximum Gasteiger partial charge on any atom is 0.322 e. The fraction of sp³-hybridized carbons (Fsp3) is 0.375. The van der Waals surface area contributed by atoms with Gasteiger partial charge >= 0.3 is 5.97 Å². The predicted molar refractivity (Wildman–Crippen MR) is 54.7 cm³/mol. The van der Waals surface area contributed by atoms with E-state index in [1.165, 1.54) is 11.3 Å². The van der Waals surface area contributed by atoms with Gasteiger partial charge in [-0.15, -0.1) is 11.3 Å². The van der Waals surface area contributed by atoms with E-state index in [9.17, 15) is 9.59 Å². The smallest absolute Gasteiger partial charge is 0.322 e. The Hall–Kier alpha value is -1.47. The van der Waals surface area contributed by atoms with Gasteiger partial charge < -0.3 is 16.2 Å². The van der Waals surface area contributed by atoms with Gasteiger partial charge in [-0.1, -0.05) is 0 Å². The van der Waals surface area contributed by atoms with Crippen molar-refractivity contribution in [1.29, 1.82) is 0 Å². The van der Waals surface area contributed by atoms with Crippen LogP contribution in [0.1, 0.15) is 28.5 Å². The van der Waals surface area contributed by atoms with Crippen LogP contribution in [0.3, 0.4) is 0 Å². The topological polar surface area (TPSA) is 105 Å². The zero-order valence-corrected chi connectivity index (χ0v) is 8.87. The van der Waals surface area contributed by atoms with Gasteiger partial charge in [0.1, 0.15) is 17.2 Å². The van der Waals surface area contributed by atoms with Crippen LogP contribution in [0.25, 0.3) is 0 Å². The average Bonchev–Trinajstić information content (AvgIpc) is 2.62. The van der Waals surface area contributed by atoms with E-state index in [0.717, 1.165) is 0 Å². The molecule has 0 bridgehead atoms. The van der Waals surface area contributed by atoms with Crippen LogP contribution >= 0.6 is 11.3 Å². The number of aliphatic carboxylic acids is 1. The first-order chi connectivity index (χ1) is 7.00. The van der Waals surface area contributed by atoms with Crippen LogP contribution < -0.4 is 11.1 Å². The van der Waals surface area contributed by atoms with Crippen LogP contribution in [0, 0.1) is 0 Å². The van der Waals surface area contributed by atoms with Gasteiger partial charge in [-0.05, 0) is 6.92 Å². The summed E-state index contributed by atoms with van der Waals surface area (Å²) in [6.45, 7) is 1.35. The first-order valence-electron chi connectivity index (χ1n) is 4.21. The summed E-state index contributed by atoms with van der Waals surface area (Å²) in [4.78, 5) is 25.5. The maximum atomic E-state index is 11.3. The van der Waals surface area contributed by atoms with Crippen LogP contribution in [0.2, 0.25) is 0 Å². The SMILES string of the molecule is CC(N)c1nc(C(=O)NCC(=O)O)cs1. The number of thiazole rings is 1. The van der Waals surface area contributed by atoms with Crippen LogP contribution in [0.4, 0.5) is 0 Å². The summed E-state index contributed by atoms with van der Waals surface area (Å²) in [5, 5.41) is 12.8. The Morgan fingerprint density at radius 2 is 2.40 bits per heavy atom. The van der Waals surface area contributed by atoms with Gasteiger partial charge in [-0.3, -0.25) is 9.59 Å². The number of amides is 1. The molecule has 1 rings (SSSR count). The number of carboxylic acids is 1. The third-order valence-electron chi connectivity index (χ3n) is 1.54. The maximum absolute atomic E-state index is 11.3. The Bertz CT molecular complexity index is 375. The first kappa shape index (κ1) is 11.6. The minimum absolute atomic E-state index is 0.202. The third-order valence-corrected chi connectivity index (χ3v) is 2.59. The van der Waals surface area contributed by atoms with Gasteiger partial charge in [0.25, 0.3) is 5.91 Å². The van der Waals surface area contributed by atoms with Gasteiger partial charge in [-0.2, -0.15) is 0 Å². The summed E-state index contributed by atoms with van der Waals surface area (Å²) >= 11 is 1.28. The number of aromatic nitrogens is 1. The number of nitrogens with zero attached hydrogens (tertiary/aromatic N) is 1. The lowest BCUT2D eigenvalue weighted by Crippen LogP contribution is -2.29. The molecule has 0 aromatic carbocycles. The summed E-state index contributed by atoms with van der Waals surface area (Å²) in [5.74, 6) is -1.59. The molecule has 0 saturated heterocycles. The molecule has 1 unspecified atom stereocenters. The number of carboxylic acid groups (broad SMARTS) is 1. The van der Waals surface area contributed by atoms with Crippen molar-refractivity contribution in [1.82, 2.24) is 10.3 Å². The second-order valence-electron chi connectivity index (χ2n) is 2.94. The normalized spacial score (nSPS) is 12.1. The molecule has 1 atom stereocenters. The molecule has 0 radical (unpaired) electrons. The highest BCUT2D eigenvalue weighted by molar-refractivity contribution is 7.09. The molecule has 6 nitrogen and oxygen atoms in total. The molecule has 0 aliphatic rings. The lowest BCUT2D eigenvalue weighted by Gasteiger charge is -1.99. The Morgan fingerprint density at radius 1 is 1.73 bits per heavy atom. The summed E-state index contributed by atoms with van der Waals surface area (Å²) in [6.07, 6.45) is 0. The Balaban J connectivity index is 2.62. The number of carbonyl (C=O) groups excluding carboxylic acids is 1. The Morgan fingerprint density at radius 3 is 2.87 bits per heavy atom. The van der Waals surface area contributed by atoms with Crippen molar-refractivity contribution in [3.8, 4) is 0 Å². The predicted octanol–water partition coefficient (Wildman–Crippen LogP) is -0.0228. The molecular formula is C8H11N3O3S. The Kier molecular flexibility index (Phi) is 3.75. The number of hydrogen-bond donors (Lipinski definition) is 3. The van der Waals surface area contributed by atoms with Gasteiger partial charge in [0, 0.05) is 5.38 Å². The zero-order chi connectivity index (χ0) is 11.4. The standard InChI is InChI=1S/C8H11N3O3S/c1-4(9)8-11-5(3-15-8)7(14)10-2-6(12)13/h3-4H,2,9H2,1H3,(H,10,14)(H,12,13). The molecule has 15 heavy (non-hydrogen) atoms. The highest BCUT2D eigenvalue weighted by Crippen LogP contribution is 2.15. The molecule has 82 valence electrons. The summed E-state index contributed by atoms with van der Waals surface area (Å²) in [5.41, 5.74) is 5.77. The van der Waals surface area contributed by atoms with E-state index in [2.05, 4.69) is 10.3 Å². The van der Waals surface area contributed by atoms with E-state index in [1.54, 1.807) is 12.3 Å². The highest BCUT2D eigenvalue weighted by Gasteiger charge is 2.12. The first-order valence-corrected chi connectivity index (χ1v) is 5.09. The molecule has 0 saturated carbocycles. The molecule has 1 amide bonds. The number of nitrogens with two attached hydrogens (primary N) is 1. The van der Waals surface area contributed by atoms with Crippen molar-refractivity contribution in [3.05, 3.63) is 16.1 Å². The van der Waals surface area contributed by atoms with Crippen LogP contribution in [0.15, 0.2) is 5.38 Å². The number of hydrogen-bond acceptors (Lipinski definition) is 5. The second kappa shape index (κ2) is 4.85. The molecule has 1 aromatic heterocycles. The molecule has 0 aliphatic carbocycles. The van der Waals surface area contributed by atoms with Crippen molar-refractivity contribution in [2.75, 3.05) is 6.54 Å². The second-order valence-corrected chi connectivity index (χ2v) is 3.83. The average molecular weight is 229 g/mol. The van der Waals surface area contributed by atoms with E-state index in [-0.39, 0.29) is 11.7 Å². The van der Waals surface area contributed by atoms with Crippen molar-refractivity contribution in [2.24, 2.45) is 5.73 Å². The fourth-order valence-electron chi connectivity index (χ4n) is 0.847. The number of rotatable bonds is 4. The molecule has 1 heterocycles. The van der Waals surface area contributed by atoms with Crippen molar-refractivity contribution < 1.29 is 14.7 Å². The molecular weight excluding hydrogens is 218 g/mol. The molecule has 7 heteroatoms. The van der Waals surface area contributed by atoms with Gasteiger partial charge in [0.2, 0.25) is 0 Å². The number of carbonyl (C=O) groups is 2. The van der Waals surface area contributed by atoms with E-state index >= 15 is 0 Å². The van der Waals surface area contributed by atoms with Gasteiger partial charge in [-0.25, -0.2) is 4.98 Å². The van der Waals surface area contributed by atoms with Crippen LogP contribution in [-0.2, 0) is 4.79 Å². The lowest BCUT2D eigenvalue weighted by molar-refractivity contribution is -0.135. The minimum Gasteiger partial charge on any atom is -0.480 e. The zero-order valence-electron chi connectivity index (χ0n) is 8.06. The molecule has 0 aliphatic heterocycles. The molecule has 4 N–H and O–H groups in total. The van der Waals surface area contributed by atoms with E-state index in [4.69, 9.17) is 10.8 Å². The number of nitrogens with one attached hydrogen (secondary N) is 1. The fourth-order valence-corrected chi connectivity index (χ4v) is 1.61. The van der Waals surface area contributed by atoms with Crippen molar-refractivity contribution in [2.45, 2.75) is 13.0 Å². The molecule has 0 spiro atoms. The van der Waals surface area contributed by atoms with Gasteiger partial charge in [0.15, 0.2) is 0 Å². The van der Waals surface area contributed by atoms with Crippen molar-refractivity contribution in [3.63, 3.8) is 0 Å². The highest BCUT2D eigenvalue weighted by atomic mass is 32.1. The Labute approximate surface area is 90.1 Å². The summed E-state index contributed by atoms with van der Waals surface area (Å²) in [6, 6.07) is -0.226. The third kappa shape index (κ3) is 3.30. The quantitative estimate of drug-likeness (QED) is 0.672. The monoisotopic (exact) mass is 229 g/mol. The van der Waals surface area contributed by atoms with Crippen LogP contribution in [0.5, 0.6) is 0 Å². The lowest BCUT2D eigenvalue weighted by atomic mass is 10.4. The molecule has 0 fully saturated rings. The molecule has 1 aromatic rings. The summed E-state index contributed by atoms with van der Waals surface area (Å²) in [7, 11) is 0. The van der Waals surface area contributed by atoms with E-state index < -0.39 is 18.4 Å². The van der Waals surface area contributed by atoms with Crippen LogP contribution in [-0.4, -0.2) is 28.5 Å². The van der Waals surface area contributed by atoms with Gasteiger partial charge in [0.05, 0.1) is 6.04 Å². The van der Waals surface area contributed by atoms with E-state index in [1.807, 2.05) is 0 Å². The van der Waals surface area contributed by atoms with Crippen molar-refractivity contribution >= 4 is 23.2 Å².